The summed E-state index contributed by atoms with van der Waals surface area (Å²) in [4.78, 5) is 7.08. The lowest BCUT2D eigenvalue weighted by molar-refractivity contribution is 0.0657. The van der Waals surface area contributed by atoms with Crippen LogP contribution in [0.25, 0.3) is 0 Å². The van der Waals surface area contributed by atoms with E-state index in [1.807, 2.05) is 26.8 Å². The molecule has 1 aromatic rings. The van der Waals surface area contributed by atoms with Gasteiger partial charge in [0.15, 0.2) is 5.96 Å². The van der Waals surface area contributed by atoms with Gasteiger partial charge in [0, 0.05) is 25.2 Å². The van der Waals surface area contributed by atoms with Gasteiger partial charge in [-0.1, -0.05) is 6.92 Å². The molecule has 7 heteroatoms. The molecule has 6 nitrogen and oxygen atoms in total. The van der Waals surface area contributed by atoms with Gasteiger partial charge in [-0.05, 0) is 59.2 Å². The number of halogens is 1. The van der Waals surface area contributed by atoms with E-state index in [0.717, 1.165) is 49.2 Å². The molecule has 0 radical (unpaired) electrons. The molecular weight excluding hydrogens is 443 g/mol. The highest BCUT2D eigenvalue weighted by Crippen LogP contribution is 2.27. The molecule has 26 heavy (non-hydrogen) atoms. The second kappa shape index (κ2) is 10.5. The maximum Gasteiger partial charge on any atom is 0.191 e. The van der Waals surface area contributed by atoms with Crippen LogP contribution in [0.3, 0.4) is 0 Å². The van der Waals surface area contributed by atoms with E-state index in [0.29, 0.717) is 5.92 Å². The molecule has 0 aliphatic carbocycles. The Hall–Kier alpha value is -0.800. The van der Waals surface area contributed by atoms with Gasteiger partial charge in [0.1, 0.15) is 17.1 Å². The van der Waals surface area contributed by atoms with Gasteiger partial charge in [-0.3, -0.25) is 0 Å². The van der Waals surface area contributed by atoms with Gasteiger partial charge in [-0.2, -0.15) is 0 Å². The second-order valence-electron chi connectivity index (χ2n) is 7.22. The van der Waals surface area contributed by atoms with E-state index < -0.39 is 5.60 Å². The first kappa shape index (κ1) is 23.2. The Morgan fingerprint density at radius 1 is 1.38 bits per heavy atom. The lowest BCUT2D eigenvalue weighted by Crippen LogP contribution is -2.41. The molecule has 0 bridgehead atoms. The van der Waals surface area contributed by atoms with Gasteiger partial charge < -0.3 is 25.1 Å². The van der Waals surface area contributed by atoms with E-state index in [2.05, 4.69) is 27.4 Å². The zero-order chi connectivity index (χ0) is 18.4. The highest BCUT2D eigenvalue weighted by Gasteiger charge is 2.28. The minimum Gasteiger partial charge on any atom is -0.466 e. The molecule has 1 aliphatic rings. The van der Waals surface area contributed by atoms with Crippen LogP contribution in [0, 0.1) is 19.8 Å². The summed E-state index contributed by atoms with van der Waals surface area (Å²) < 4.78 is 5.55. The molecule has 0 aromatic carbocycles. The smallest absolute Gasteiger partial charge is 0.191 e. The van der Waals surface area contributed by atoms with E-state index in [4.69, 9.17) is 4.42 Å². The predicted molar refractivity (Wildman–Crippen MR) is 117 cm³/mol. The molecular formula is C19H35IN4O2. The van der Waals surface area contributed by atoms with E-state index in [1.54, 1.807) is 6.92 Å². The van der Waals surface area contributed by atoms with Crippen LogP contribution in [0.15, 0.2) is 15.5 Å². The first-order valence-corrected chi connectivity index (χ1v) is 9.40. The molecule has 2 atom stereocenters. The molecule has 2 heterocycles. The topological polar surface area (TPSA) is 73.0 Å². The Balaban J connectivity index is 0.00000338. The Morgan fingerprint density at radius 2 is 2.12 bits per heavy atom. The average molecular weight is 478 g/mol. The van der Waals surface area contributed by atoms with Gasteiger partial charge in [0.25, 0.3) is 0 Å². The largest absolute Gasteiger partial charge is 0.466 e. The van der Waals surface area contributed by atoms with Crippen LogP contribution >= 0.6 is 24.0 Å². The number of furan rings is 1. The summed E-state index contributed by atoms with van der Waals surface area (Å²) in [5, 5.41) is 17.5. The number of guanidine groups is 1. The number of aliphatic imine (C=N–C) groups is 1. The number of aryl methyl sites for hydroxylation is 2. The van der Waals surface area contributed by atoms with Crippen LogP contribution in [0.5, 0.6) is 0 Å². The lowest BCUT2D eigenvalue weighted by atomic mass is 9.96. The fourth-order valence-electron chi connectivity index (χ4n) is 3.43. The van der Waals surface area contributed by atoms with E-state index in [-0.39, 0.29) is 30.5 Å². The number of nitrogens with one attached hydrogen (secondary N) is 2. The minimum absolute atomic E-state index is 0. The summed E-state index contributed by atoms with van der Waals surface area (Å²) in [6.07, 6.45) is 1.23. The predicted octanol–water partition coefficient (Wildman–Crippen LogP) is 2.62. The summed E-state index contributed by atoms with van der Waals surface area (Å²) in [6.45, 7) is 15.3. The molecule has 2 rings (SSSR count). The molecule has 150 valence electrons. The average Bonchev–Trinajstić information content (AvgIpc) is 3.16. The molecule has 2 unspecified atom stereocenters. The maximum absolute atomic E-state index is 10.8. The van der Waals surface area contributed by atoms with Crippen molar-refractivity contribution in [3.63, 3.8) is 0 Å². The summed E-state index contributed by atoms with van der Waals surface area (Å²) in [5.74, 6) is 2.98. The number of aliphatic hydroxyl groups is 1. The second-order valence-corrected chi connectivity index (χ2v) is 7.22. The fourth-order valence-corrected chi connectivity index (χ4v) is 3.43. The fraction of sp³-hybridized carbons (Fsp3) is 0.737. The van der Waals surface area contributed by atoms with Gasteiger partial charge >= 0.3 is 0 Å². The van der Waals surface area contributed by atoms with Crippen LogP contribution < -0.4 is 10.6 Å². The number of rotatable bonds is 7. The Kier molecular flexibility index (Phi) is 9.40. The molecule has 0 saturated carbocycles. The van der Waals surface area contributed by atoms with E-state index in [9.17, 15) is 5.11 Å². The van der Waals surface area contributed by atoms with Crippen LogP contribution in [-0.4, -0.2) is 55.2 Å². The summed E-state index contributed by atoms with van der Waals surface area (Å²) in [7, 11) is 0. The Bertz CT molecular complexity index is 586. The van der Waals surface area contributed by atoms with Gasteiger partial charge in [0.2, 0.25) is 0 Å². The van der Waals surface area contributed by atoms with Crippen LogP contribution in [0.2, 0.25) is 0 Å². The molecule has 0 spiro atoms. The quantitative estimate of drug-likeness (QED) is 0.319. The normalized spacial score (nSPS) is 20.5. The van der Waals surface area contributed by atoms with Crippen LogP contribution in [0.4, 0.5) is 0 Å². The first-order chi connectivity index (χ1) is 11.9. The van der Waals surface area contributed by atoms with Crippen molar-refractivity contribution in [2.24, 2.45) is 10.9 Å². The van der Waals surface area contributed by atoms with Crippen molar-refractivity contribution in [3.8, 4) is 0 Å². The molecule has 3 N–H and O–H groups in total. The van der Waals surface area contributed by atoms with Crippen molar-refractivity contribution in [1.82, 2.24) is 15.5 Å². The molecule has 0 amide bonds. The summed E-state index contributed by atoms with van der Waals surface area (Å²) >= 11 is 0. The van der Waals surface area contributed by atoms with Crippen molar-refractivity contribution in [1.29, 1.82) is 0 Å². The summed E-state index contributed by atoms with van der Waals surface area (Å²) in [6, 6.07) is 1.89. The third-order valence-electron chi connectivity index (χ3n) is 4.89. The summed E-state index contributed by atoms with van der Waals surface area (Å²) in [5.41, 5.74) is -0.240. The monoisotopic (exact) mass is 478 g/mol. The van der Waals surface area contributed by atoms with Gasteiger partial charge in [-0.25, -0.2) is 4.99 Å². The Morgan fingerprint density at radius 3 is 2.65 bits per heavy atom. The zero-order valence-electron chi connectivity index (χ0n) is 16.8. The SMILES string of the molecule is CCNC(=NCC(C)(O)c1cc(C)oc1C)NCC1CCN(CC)C1.I. The Labute approximate surface area is 174 Å². The standard InChI is InChI=1S/C19H34N4O2.HI/c1-6-20-18(21-11-16-8-9-23(7-2)12-16)22-13-19(5,24)17-10-14(3)25-15(17)4;/h10,16,24H,6-9,11-13H2,1-5H3,(H2,20,21,22);1H. The third kappa shape index (κ3) is 6.42. The highest BCUT2D eigenvalue weighted by molar-refractivity contribution is 14.0. The van der Waals surface area contributed by atoms with Crippen LogP contribution in [0.1, 0.15) is 44.3 Å². The zero-order valence-corrected chi connectivity index (χ0v) is 19.1. The number of likely N-dealkylation sites (tertiary alicyclic amines) is 1. The number of hydrogen-bond acceptors (Lipinski definition) is 4. The molecule has 1 aliphatic heterocycles. The van der Waals surface area contributed by atoms with Crippen molar-refractivity contribution >= 4 is 29.9 Å². The number of hydrogen-bond donors (Lipinski definition) is 3. The van der Waals surface area contributed by atoms with E-state index in [1.165, 1.54) is 13.0 Å². The molecule has 1 saturated heterocycles. The maximum atomic E-state index is 10.8. The van der Waals surface area contributed by atoms with Crippen molar-refractivity contribution in [3.05, 3.63) is 23.2 Å². The molecule has 1 fully saturated rings. The highest BCUT2D eigenvalue weighted by atomic mass is 127. The van der Waals surface area contributed by atoms with Crippen LogP contribution in [-0.2, 0) is 5.60 Å². The van der Waals surface area contributed by atoms with Crippen molar-refractivity contribution in [2.45, 2.75) is 46.6 Å². The van der Waals surface area contributed by atoms with Crippen molar-refractivity contribution < 1.29 is 9.52 Å². The lowest BCUT2D eigenvalue weighted by Gasteiger charge is -2.22. The first-order valence-electron chi connectivity index (χ1n) is 9.40. The van der Waals surface area contributed by atoms with Gasteiger partial charge in [0.05, 0.1) is 6.54 Å². The third-order valence-corrected chi connectivity index (χ3v) is 4.89. The number of nitrogens with zero attached hydrogens (tertiary/aromatic N) is 2. The van der Waals surface area contributed by atoms with Crippen molar-refractivity contribution in [2.75, 3.05) is 39.3 Å². The molecule has 1 aromatic heterocycles. The minimum atomic E-state index is -1.05. The van der Waals surface area contributed by atoms with Gasteiger partial charge in [-0.15, -0.1) is 24.0 Å². The van der Waals surface area contributed by atoms with E-state index >= 15 is 0 Å².